The fraction of sp³-hybridized carbons (Fsp3) is 0.150. The molecule has 3 heteroatoms. The second kappa shape index (κ2) is 7.40. The highest BCUT2D eigenvalue weighted by atomic mass is 35.5. The molecule has 2 aromatic carbocycles. The Labute approximate surface area is 142 Å². The zero-order valence-electron chi connectivity index (χ0n) is 13.1. The van der Waals surface area contributed by atoms with Crippen molar-refractivity contribution in [2.24, 2.45) is 0 Å². The Balaban J connectivity index is 1.71. The van der Waals surface area contributed by atoms with Crippen LogP contribution >= 0.6 is 11.6 Å². The standard InChI is InChI=1S/C20H19ClN2/c1-23(14-16-5-3-2-4-6-16)15-17-11-19(13-22-12-17)18-7-9-20(21)10-8-18/h2-13H,14-15H2,1H3. The lowest BCUT2D eigenvalue weighted by atomic mass is 10.1. The van der Waals surface area contributed by atoms with E-state index in [1.807, 2.05) is 42.7 Å². The van der Waals surface area contributed by atoms with Gasteiger partial charge in [0.2, 0.25) is 0 Å². The van der Waals surface area contributed by atoms with Crippen LogP contribution < -0.4 is 0 Å². The van der Waals surface area contributed by atoms with Crippen molar-refractivity contribution in [2.45, 2.75) is 13.1 Å². The van der Waals surface area contributed by atoms with Crippen LogP contribution in [0.25, 0.3) is 11.1 Å². The summed E-state index contributed by atoms with van der Waals surface area (Å²) in [6.45, 7) is 1.79. The lowest BCUT2D eigenvalue weighted by molar-refractivity contribution is 0.319. The monoisotopic (exact) mass is 322 g/mol. The Bertz CT molecular complexity index is 754. The van der Waals surface area contributed by atoms with Crippen LogP contribution in [0.5, 0.6) is 0 Å². The molecule has 0 aliphatic heterocycles. The molecule has 3 aromatic rings. The average Bonchev–Trinajstić information content (AvgIpc) is 2.56. The molecule has 0 N–H and O–H groups in total. The Morgan fingerprint density at radius 3 is 2.26 bits per heavy atom. The summed E-state index contributed by atoms with van der Waals surface area (Å²) < 4.78 is 0. The topological polar surface area (TPSA) is 16.1 Å². The van der Waals surface area contributed by atoms with Crippen LogP contribution in [-0.4, -0.2) is 16.9 Å². The van der Waals surface area contributed by atoms with Gasteiger partial charge in [0, 0.05) is 36.1 Å². The first-order chi connectivity index (χ1) is 11.2. The molecule has 0 spiro atoms. The molecular weight excluding hydrogens is 304 g/mol. The Morgan fingerprint density at radius 1 is 0.826 bits per heavy atom. The van der Waals surface area contributed by atoms with E-state index in [4.69, 9.17) is 11.6 Å². The molecule has 0 saturated carbocycles. The maximum absolute atomic E-state index is 5.95. The third-order valence-electron chi connectivity index (χ3n) is 3.72. The van der Waals surface area contributed by atoms with E-state index < -0.39 is 0 Å². The third kappa shape index (κ3) is 4.41. The maximum Gasteiger partial charge on any atom is 0.0406 e. The van der Waals surface area contributed by atoms with E-state index in [1.54, 1.807) is 0 Å². The summed E-state index contributed by atoms with van der Waals surface area (Å²) in [5.41, 5.74) is 4.77. The van der Waals surface area contributed by atoms with Crippen molar-refractivity contribution in [1.82, 2.24) is 9.88 Å². The van der Waals surface area contributed by atoms with Crippen LogP contribution in [0.2, 0.25) is 5.02 Å². The SMILES string of the molecule is CN(Cc1ccccc1)Cc1cncc(-c2ccc(Cl)cc2)c1. The average molecular weight is 323 g/mol. The van der Waals surface area contributed by atoms with Gasteiger partial charge in [-0.1, -0.05) is 54.1 Å². The maximum atomic E-state index is 5.95. The van der Waals surface area contributed by atoms with Crippen LogP contribution in [0.1, 0.15) is 11.1 Å². The van der Waals surface area contributed by atoms with Gasteiger partial charge in [0.05, 0.1) is 0 Å². The lowest BCUT2D eigenvalue weighted by Gasteiger charge is -2.17. The number of halogens is 1. The summed E-state index contributed by atoms with van der Waals surface area (Å²) in [5, 5.41) is 0.750. The number of rotatable bonds is 5. The second-order valence-electron chi connectivity index (χ2n) is 5.75. The second-order valence-corrected chi connectivity index (χ2v) is 6.18. The molecule has 0 unspecified atom stereocenters. The summed E-state index contributed by atoms with van der Waals surface area (Å²) in [6, 6.07) is 20.6. The fourth-order valence-electron chi connectivity index (χ4n) is 2.64. The molecule has 2 nitrogen and oxygen atoms in total. The third-order valence-corrected chi connectivity index (χ3v) is 3.97. The highest BCUT2D eigenvalue weighted by Gasteiger charge is 2.04. The van der Waals surface area contributed by atoms with Crippen molar-refractivity contribution in [3.05, 3.63) is 89.2 Å². The molecule has 116 valence electrons. The van der Waals surface area contributed by atoms with Crippen molar-refractivity contribution >= 4 is 11.6 Å². The molecule has 1 heterocycles. The molecule has 1 aromatic heterocycles. The van der Waals surface area contributed by atoms with Crippen LogP contribution in [0.15, 0.2) is 73.1 Å². The highest BCUT2D eigenvalue weighted by Crippen LogP contribution is 2.22. The van der Waals surface area contributed by atoms with Crippen LogP contribution in [0.3, 0.4) is 0 Å². The normalized spacial score (nSPS) is 10.9. The molecule has 0 aliphatic rings. The number of pyridine rings is 1. The van der Waals surface area contributed by atoms with Gasteiger partial charge in [-0.2, -0.15) is 0 Å². The molecule has 0 radical (unpaired) electrons. The molecule has 0 aliphatic carbocycles. The minimum absolute atomic E-state index is 0.750. The predicted octanol–water partition coefficient (Wildman–Crippen LogP) is 5.03. The number of aromatic nitrogens is 1. The van der Waals surface area contributed by atoms with Gasteiger partial charge in [0.1, 0.15) is 0 Å². The van der Waals surface area contributed by atoms with Crippen LogP contribution in [0.4, 0.5) is 0 Å². The lowest BCUT2D eigenvalue weighted by Crippen LogP contribution is -2.17. The van der Waals surface area contributed by atoms with Crippen molar-refractivity contribution in [2.75, 3.05) is 7.05 Å². The summed E-state index contributed by atoms with van der Waals surface area (Å²) in [7, 11) is 2.13. The minimum atomic E-state index is 0.750. The Morgan fingerprint density at radius 2 is 1.52 bits per heavy atom. The summed E-state index contributed by atoms with van der Waals surface area (Å²) in [4.78, 5) is 6.67. The first kappa shape index (κ1) is 15.7. The predicted molar refractivity (Wildman–Crippen MR) is 96.3 cm³/mol. The zero-order valence-corrected chi connectivity index (χ0v) is 13.9. The van der Waals surface area contributed by atoms with Gasteiger partial charge in [-0.05, 0) is 41.9 Å². The van der Waals surface area contributed by atoms with Gasteiger partial charge < -0.3 is 0 Å². The van der Waals surface area contributed by atoms with Crippen molar-refractivity contribution < 1.29 is 0 Å². The molecule has 3 rings (SSSR count). The molecule has 0 fully saturated rings. The van der Waals surface area contributed by atoms with E-state index >= 15 is 0 Å². The molecule has 0 bridgehead atoms. The minimum Gasteiger partial charge on any atom is -0.298 e. The number of hydrogen-bond acceptors (Lipinski definition) is 2. The molecule has 0 atom stereocenters. The van der Waals surface area contributed by atoms with Gasteiger partial charge in [0.15, 0.2) is 0 Å². The van der Waals surface area contributed by atoms with Crippen molar-refractivity contribution in [3.8, 4) is 11.1 Å². The first-order valence-electron chi connectivity index (χ1n) is 7.63. The molecule has 23 heavy (non-hydrogen) atoms. The largest absolute Gasteiger partial charge is 0.298 e. The van der Waals surface area contributed by atoms with Crippen LogP contribution in [-0.2, 0) is 13.1 Å². The van der Waals surface area contributed by atoms with Crippen LogP contribution in [0, 0.1) is 0 Å². The number of nitrogens with zero attached hydrogens (tertiary/aromatic N) is 2. The van der Waals surface area contributed by atoms with E-state index in [-0.39, 0.29) is 0 Å². The van der Waals surface area contributed by atoms with E-state index in [9.17, 15) is 0 Å². The van der Waals surface area contributed by atoms with E-state index in [2.05, 4.69) is 47.3 Å². The van der Waals surface area contributed by atoms with E-state index in [1.165, 1.54) is 11.1 Å². The molecule has 0 amide bonds. The van der Waals surface area contributed by atoms with E-state index in [0.717, 1.165) is 29.2 Å². The van der Waals surface area contributed by atoms with Gasteiger partial charge in [-0.25, -0.2) is 0 Å². The molecule has 0 saturated heterocycles. The van der Waals surface area contributed by atoms with Gasteiger partial charge >= 0.3 is 0 Å². The summed E-state index contributed by atoms with van der Waals surface area (Å²) >= 11 is 5.95. The van der Waals surface area contributed by atoms with E-state index in [0.29, 0.717) is 0 Å². The quantitative estimate of drug-likeness (QED) is 0.654. The van der Waals surface area contributed by atoms with Crippen molar-refractivity contribution in [3.63, 3.8) is 0 Å². The Kier molecular flexibility index (Phi) is 5.06. The first-order valence-corrected chi connectivity index (χ1v) is 8.01. The highest BCUT2D eigenvalue weighted by molar-refractivity contribution is 6.30. The molecular formula is C20H19ClN2. The number of benzene rings is 2. The van der Waals surface area contributed by atoms with Gasteiger partial charge in [-0.15, -0.1) is 0 Å². The van der Waals surface area contributed by atoms with Gasteiger partial charge in [0.25, 0.3) is 0 Å². The van der Waals surface area contributed by atoms with Gasteiger partial charge in [-0.3, -0.25) is 9.88 Å². The fourth-order valence-corrected chi connectivity index (χ4v) is 2.76. The summed E-state index contributed by atoms with van der Waals surface area (Å²) in [6.07, 6.45) is 3.82. The van der Waals surface area contributed by atoms with Crippen molar-refractivity contribution in [1.29, 1.82) is 0 Å². The Hall–Kier alpha value is -2.16. The number of hydrogen-bond donors (Lipinski definition) is 0. The zero-order chi connectivity index (χ0) is 16.1. The smallest absolute Gasteiger partial charge is 0.0406 e. The summed E-state index contributed by atoms with van der Waals surface area (Å²) in [5.74, 6) is 0.